The van der Waals surface area contributed by atoms with E-state index in [1.807, 2.05) is 6.08 Å². The summed E-state index contributed by atoms with van der Waals surface area (Å²) < 4.78 is 5.39. The quantitative estimate of drug-likeness (QED) is 0.155. The number of hydrogen-bond acceptors (Lipinski definition) is 5. The van der Waals surface area contributed by atoms with Gasteiger partial charge in [-0.15, -0.1) is 6.58 Å². The van der Waals surface area contributed by atoms with Gasteiger partial charge in [0.1, 0.15) is 12.0 Å². The Kier molecular flexibility index (Phi) is 7.48. The minimum atomic E-state index is -0.694. The van der Waals surface area contributed by atoms with Crippen molar-refractivity contribution in [1.29, 1.82) is 0 Å². The molecule has 1 aromatic carbocycles. The van der Waals surface area contributed by atoms with Crippen LogP contribution in [-0.2, 0) is 9.53 Å². The summed E-state index contributed by atoms with van der Waals surface area (Å²) in [5.74, 6) is -0.898. The summed E-state index contributed by atoms with van der Waals surface area (Å²) in [6, 6.07) is 5.58. The van der Waals surface area contributed by atoms with Crippen LogP contribution in [0.1, 0.15) is 56.8 Å². The van der Waals surface area contributed by atoms with E-state index in [4.69, 9.17) is 4.74 Å². The molecule has 0 saturated carbocycles. The van der Waals surface area contributed by atoms with E-state index in [9.17, 15) is 19.7 Å². The molecule has 0 aliphatic rings. The molecule has 136 valence electrons. The maximum Gasteiger partial charge on any atom is 0.314 e. The van der Waals surface area contributed by atoms with Gasteiger partial charge in [0.25, 0.3) is 5.69 Å². The molecule has 0 aliphatic carbocycles. The summed E-state index contributed by atoms with van der Waals surface area (Å²) in [6.07, 6.45) is 3.84. The number of carbonyl (C=O) groups excluding carboxylic acids is 2. The topological polar surface area (TPSA) is 86.5 Å². The van der Waals surface area contributed by atoms with Gasteiger partial charge in [0.15, 0.2) is 5.78 Å². The number of esters is 1. The van der Waals surface area contributed by atoms with Gasteiger partial charge in [-0.2, -0.15) is 0 Å². The van der Waals surface area contributed by atoms with Crippen molar-refractivity contribution in [2.24, 2.45) is 5.92 Å². The molecule has 1 rings (SSSR count). The Labute approximate surface area is 148 Å². The minimum absolute atomic E-state index is 0.0814. The van der Waals surface area contributed by atoms with Gasteiger partial charge in [-0.3, -0.25) is 19.7 Å². The maximum absolute atomic E-state index is 12.2. The Hall–Kier alpha value is -2.50. The zero-order valence-electron chi connectivity index (χ0n) is 15.0. The molecule has 0 bridgehead atoms. The third-order valence-electron chi connectivity index (χ3n) is 3.94. The van der Waals surface area contributed by atoms with Gasteiger partial charge in [0, 0.05) is 6.07 Å². The van der Waals surface area contributed by atoms with Crippen LogP contribution in [0.15, 0.2) is 36.9 Å². The smallest absolute Gasteiger partial charge is 0.314 e. The lowest BCUT2D eigenvalue weighted by atomic mass is 9.96. The summed E-state index contributed by atoms with van der Waals surface area (Å²) in [7, 11) is 0. The predicted octanol–water partition coefficient (Wildman–Crippen LogP) is 4.48. The second-order valence-corrected chi connectivity index (χ2v) is 6.71. The molecule has 6 heteroatoms. The number of nitro groups is 1. The third kappa shape index (κ3) is 6.87. The number of ketones is 1. The number of benzene rings is 1. The van der Waals surface area contributed by atoms with Crippen LogP contribution in [-0.4, -0.2) is 22.3 Å². The van der Waals surface area contributed by atoms with Gasteiger partial charge < -0.3 is 4.74 Å². The van der Waals surface area contributed by atoms with Gasteiger partial charge in [-0.25, -0.2) is 0 Å². The number of para-hydroxylation sites is 1. The maximum atomic E-state index is 12.2. The van der Waals surface area contributed by atoms with Crippen LogP contribution in [0.3, 0.4) is 0 Å². The van der Waals surface area contributed by atoms with E-state index in [1.165, 1.54) is 24.3 Å². The van der Waals surface area contributed by atoms with E-state index in [0.717, 1.165) is 12.8 Å². The van der Waals surface area contributed by atoms with Crippen molar-refractivity contribution in [1.82, 2.24) is 0 Å². The Morgan fingerprint density at radius 1 is 1.36 bits per heavy atom. The van der Waals surface area contributed by atoms with E-state index in [0.29, 0.717) is 12.3 Å². The number of ether oxygens (including phenoxy) is 1. The standard InChI is InChI=1S/C19H25NO5/c1-5-14(2)9-8-12-19(3,4)25-18(22)13-17(21)15-10-6-7-11-16(15)20(23)24/h5-7,10-11,14H,1,8-9,12-13H2,2-4H3. The minimum Gasteiger partial charge on any atom is -0.459 e. The molecule has 0 aromatic heterocycles. The lowest BCUT2D eigenvalue weighted by molar-refractivity contribution is -0.385. The van der Waals surface area contributed by atoms with Crippen molar-refractivity contribution in [2.45, 2.75) is 52.1 Å². The van der Waals surface area contributed by atoms with Crippen LogP contribution in [0.5, 0.6) is 0 Å². The lowest BCUT2D eigenvalue weighted by Gasteiger charge is -2.25. The van der Waals surface area contributed by atoms with Crippen LogP contribution < -0.4 is 0 Å². The Morgan fingerprint density at radius 3 is 2.60 bits per heavy atom. The zero-order chi connectivity index (χ0) is 19.0. The molecule has 0 heterocycles. The van der Waals surface area contributed by atoms with Crippen LogP contribution in [0.4, 0.5) is 5.69 Å². The molecule has 0 saturated heterocycles. The van der Waals surface area contributed by atoms with Crippen LogP contribution in [0, 0.1) is 16.0 Å². The van der Waals surface area contributed by atoms with Crippen molar-refractivity contribution in [2.75, 3.05) is 0 Å². The first kappa shape index (κ1) is 20.5. The Bertz CT molecular complexity index is 651. The van der Waals surface area contributed by atoms with E-state index in [-0.39, 0.29) is 11.3 Å². The first-order chi connectivity index (χ1) is 11.7. The fourth-order valence-corrected chi connectivity index (χ4v) is 2.46. The van der Waals surface area contributed by atoms with Gasteiger partial charge in [0.05, 0.1) is 10.5 Å². The molecule has 0 spiro atoms. The van der Waals surface area contributed by atoms with Crippen molar-refractivity contribution in [3.8, 4) is 0 Å². The molecule has 1 aromatic rings. The van der Waals surface area contributed by atoms with E-state index >= 15 is 0 Å². The largest absolute Gasteiger partial charge is 0.459 e. The molecule has 25 heavy (non-hydrogen) atoms. The second-order valence-electron chi connectivity index (χ2n) is 6.71. The zero-order valence-corrected chi connectivity index (χ0v) is 15.0. The van der Waals surface area contributed by atoms with Crippen LogP contribution >= 0.6 is 0 Å². The highest BCUT2D eigenvalue weighted by Gasteiger charge is 2.26. The van der Waals surface area contributed by atoms with Crippen LogP contribution in [0.25, 0.3) is 0 Å². The summed E-state index contributed by atoms with van der Waals surface area (Å²) in [4.78, 5) is 34.6. The molecule has 1 unspecified atom stereocenters. The number of nitro benzene ring substituents is 1. The molecular weight excluding hydrogens is 322 g/mol. The van der Waals surface area contributed by atoms with Crippen molar-refractivity contribution >= 4 is 17.4 Å². The molecule has 0 amide bonds. The van der Waals surface area contributed by atoms with E-state index in [1.54, 1.807) is 13.8 Å². The van der Waals surface area contributed by atoms with E-state index in [2.05, 4.69) is 13.5 Å². The number of nitrogens with zero attached hydrogens (tertiary/aromatic N) is 1. The first-order valence-corrected chi connectivity index (χ1v) is 8.27. The fraction of sp³-hybridized carbons (Fsp3) is 0.474. The van der Waals surface area contributed by atoms with Crippen molar-refractivity contribution < 1.29 is 19.2 Å². The molecular formula is C19H25NO5. The number of allylic oxidation sites excluding steroid dienone is 1. The summed E-state index contributed by atoms with van der Waals surface area (Å²) in [5.41, 5.74) is -1.08. The predicted molar refractivity (Wildman–Crippen MR) is 95.4 cm³/mol. The molecule has 1 atom stereocenters. The monoisotopic (exact) mass is 347 g/mol. The fourth-order valence-electron chi connectivity index (χ4n) is 2.46. The van der Waals surface area contributed by atoms with Gasteiger partial charge in [0.2, 0.25) is 0 Å². The normalized spacial score (nSPS) is 12.3. The number of hydrogen-bond donors (Lipinski definition) is 0. The number of carbonyl (C=O) groups is 2. The number of Topliss-reactive ketones (excluding diaryl/α,β-unsaturated/α-hetero) is 1. The van der Waals surface area contributed by atoms with Crippen LogP contribution in [0.2, 0.25) is 0 Å². The number of rotatable bonds is 10. The highest BCUT2D eigenvalue weighted by molar-refractivity contribution is 6.08. The first-order valence-electron chi connectivity index (χ1n) is 8.27. The molecule has 6 nitrogen and oxygen atoms in total. The SMILES string of the molecule is C=CC(C)CCCC(C)(C)OC(=O)CC(=O)c1ccccc1[N+](=O)[O-]. The van der Waals surface area contributed by atoms with Gasteiger partial charge in [-0.05, 0) is 45.1 Å². The molecule has 0 fully saturated rings. The highest BCUT2D eigenvalue weighted by atomic mass is 16.6. The Balaban J connectivity index is 2.62. The van der Waals surface area contributed by atoms with Crippen molar-refractivity contribution in [3.63, 3.8) is 0 Å². The molecule has 0 radical (unpaired) electrons. The average Bonchev–Trinajstić information content (AvgIpc) is 2.53. The second kappa shape index (κ2) is 9.11. The molecule has 0 N–H and O–H groups in total. The average molecular weight is 347 g/mol. The van der Waals surface area contributed by atoms with Gasteiger partial charge in [-0.1, -0.05) is 25.1 Å². The third-order valence-corrected chi connectivity index (χ3v) is 3.94. The summed E-state index contributed by atoms with van der Waals surface area (Å²) in [6.45, 7) is 9.38. The van der Waals surface area contributed by atoms with Crippen molar-refractivity contribution in [3.05, 3.63) is 52.6 Å². The Morgan fingerprint density at radius 2 is 2.00 bits per heavy atom. The summed E-state index contributed by atoms with van der Waals surface area (Å²) >= 11 is 0. The van der Waals surface area contributed by atoms with Gasteiger partial charge >= 0.3 is 5.97 Å². The lowest BCUT2D eigenvalue weighted by Crippen LogP contribution is -2.29. The summed E-state index contributed by atoms with van der Waals surface area (Å²) in [5, 5.41) is 11.0. The molecule has 0 aliphatic heterocycles. The van der Waals surface area contributed by atoms with E-state index < -0.39 is 28.7 Å². The highest BCUT2D eigenvalue weighted by Crippen LogP contribution is 2.23.